The summed E-state index contributed by atoms with van der Waals surface area (Å²) in [4.78, 5) is 0. The summed E-state index contributed by atoms with van der Waals surface area (Å²) in [7, 11) is -3.22. The maximum Gasteiger partial charge on any atom is 0.679 e. The van der Waals surface area contributed by atoms with Crippen molar-refractivity contribution in [3.05, 3.63) is 23.8 Å². The second-order valence-electron chi connectivity index (χ2n) is 7.02. The van der Waals surface area contributed by atoms with E-state index in [1.54, 1.807) is 0 Å². The molecule has 1 aliphatic rings. The average molecular weight is 505 g/mol. The number of benzene rings is 1. The highest BCUT2D eigenvalue weighted by Crippen LogP contribution is 2.29. The second kappa shape index (κ2) is 18.1. The van der Waals surface area contributed by atoms with Crippen molar-refractivity contribution in [2.24, 2.45) is 0 Å². The van der Waals surface area contributed by atoms with Crippen LogP contribution in [0.4, 0.5) is 0 Å². The molecule has 11 heteroatoms. The van der Waals surface area contributed by atoms with E-state index in [1.807, 2.05) is 39.0 Å². The molecule has 0 radical (unpaired) electrons. The summed E-state index contributed by atoms with van der Waals surface area (Å²) in [6.07, 6.45) is 0. The van der Waals surface area contributed by atoms with Crippen molar-refractivity contribution in [2.45, 2.75) is 27.4 Å². The van der Waals surface area contributed by atoms with Crippen molar-refractivity contribution in [1.29, 1.82) is 0 Å². The molecule has 0 spiro atoms. The number of rotatable bonds is 9. The Labute approximate surface area is 204 Å². The Bertz CT molecular complexity index is 631. The fraction of sp³-hybridized carbons (Fsp3) is 0.739. The van der Waals surface area contributed by atoms with E-state index in [0.29, 0.717) is 97.4 Å². The zero-order valence-electron chi connectivity index (χ0n) is 20.7. The van der Waals surface area contributed by atoms with E-state index in [-0.39, 0.29) is 6.61 Å². The van der Waals surface area contributed by atoms with Crippen molar-refractivity contribution in [3.63, 3.8) is 0 Å². The molecule has 0 aromatic heterocycles. The van der Waals surface area contributed by atoms with Crippen LogP contribution < -0.4 is 9.47 Å². The number of ether oxygens (including phenoxy) is 6. The molecule has 0 aliphatic carbocycles. The predicted octanol–water partition coefficient (Wildman–Crippen LogP) is 2.59. The Balaban J connectivity index is 2.02. The van der Waals surface area contributed by atoms with Crippen LogP contribution in [-0.4, -0.2) is 94.9 Å². The Hall–Kier alpha value is -1.28. The predicted molar refractivity (Wildman–Crippen MR) is 126 cm³/mol. The van der Waals surface area contributed by atoms with Gasteiger partial charge in [-0.15, -0.1) is 0 Å². The standard InChI is InChI=1S/C23H40O10Si/c1-4-30-34(31-5-2,32-6-3)33-20-21-7-8-22-23(19-21)29-18-16-27-14-12-25-10-9-24-11-13-26-15-17-28-22/h7-8,19H,4-6,9-18,20H2,1-3H3. The van der Waals surface area contributed by atoms with Gasteiger partial charge in [0.2, 0.25) is 0 Å². The Morgan fingerprint density at radius 2 is 1.03 bits per heavy atom. The first-order chi connectivity index (χ1) is 16.7. The van der Waals surface area contributed by atoms with Gasteiger partial charge < -0.3 is 46.1 Å². The van der Waals surface area contributed by atoms with Crippen molar-refractivity contribution in [1.82, 2.24) is 0 Å². The molecule has 1 aromatic rings. The van der Waals surface area contributed by atoms with Crippen LogP contribution in [0.2, 0.25) is 0 Å². The molecule has 1 aromatic carbocycles. The summed E-state index contributed by atoms with van der Waals surface area (Å²) >= 11 is 0. The van der Waals surface area contributed by atoms with Gasteiger partial charge in [-0.25, -0.2) is 0 Å². The van der Waals surface area contributed by atoms with Gasteiger partial charge in [-0.2, -0.15) is 0 Å². The van der Waals surface area contributed by atoms with Gasteiger partial charge in [0.15, 0.2) is 11.5 Å². The third-order valence-corrected chi connectivity index (χ3v) is 6.90. The summed E-state index contributed by atoms with van der Waals surface area (Å²) < 4.78 is 57.2. The highest BCUT2D eigenvalue weighted by atomic mass is 28.4. The monoisotopic (exact) mass is 504 g/mol. The minimum absolute atomic E-state index is 0.250. The summed E-state index contributed by atoms with van der Waals surface area (Å²) in [5.74, 6) is 1.22. The molecule has 10 nitrogen and oxygen atoms in total. The molecule has 0 N–H and O–H groups in total. The van der Waals surface area contributed by atoms with E-state index in [1.165, 1.54) is 0 Å². The minimum Gasteiger partial charge on any atom is -0.487 e. The van der Waals surface area contributed by atoms with Gasteiger partial charge in [0.25, 0.3) is 0 Å². The highest BCUT2D eigenvalue weighted by molar-refractivity contribution is 6.53. The first-order valence-electron chi connectivity index (χ1n) is 12.0. The van der Waals surface area contributed by atoms with Gasteiger partial charge >= 0.3 is 9.05 Å². The molecule has 0 amide bonds. The van der Waals surface area contributed by atoms with E-state index in [2.05, 4.69) is 0 Å². The number of fused-ring (bicyclic) bond motifs is 1. The van der Waals surface area contributed by atoms with Crippen LogP contribution in [0.1, 0.15) is 26.3 Å². The molecule has 0 bridgehead atoms. The van der Waals surface area contributed by atoms with Crippen LogP contribution in [0.5, 0.6) is 11.5 Å². The van der Waals surface area contributed by atoms with E-state index < -0.39 is 9.05 Å². The maximum absolute atomic E-state index is 6.05. The van der Waals surface area contributed by atoms with Gasteiger partial charge in [0.1, 0.15) is 13.2 Å². The summed E-state index contributed by atoms with van der Waals surface area (Å²) in [5, 5.41) is 0. The number of hydrogen-bond donors (Lipinski definition) is 0. The molecule has 196 valence electrons. The second-order valence-corrected chi connectivity index (χ2v) is 9.17. The van der Waals surface area contributed by atoms with Crippen molar-refractivity contribution in [3.8, 4) is 11.5 Å². The van der Waals surface area contributed by atoms with Crippen LogP contribution in [0.15, 0.2) is 18.2 Å². The van der Waals surface area contributed by atoms with Gasteiger partial charge in [0, 0.05) is 19.8 Å². The van der Waals surface area contributed by atoms with Crippen LogP contribution in [-0.2, 0) is 43.3 Å². The fourth-order valence-electron chi connectivity index (χ4n) is 3.01. The minimum atomic E-state index is -3.22. The molecule has 1 aliphatic heterocycles. The van der Waals surface area contributed by atoms with E-state index >= 15 is 0 Å². The summed E-state index contributed by atoms with van der Waals surface area (Å²) in [6.45, 7) is 11.9. The summed E-state index contributed by atoms with van der Waals surface area (Å²) in [6, 6.07) is 5.66. The Morgan fingerprint density at radius 1 is 0.588 bits per heavy atom. The highest BCUT2D eigenvalue weighted by Gasteiger charge is 2.44. The smallest absolute Gasteiger partial charge is 0.487 e. The van der Waals surface area contributed by atoms with Gasteiger partial charge in [-0.3, -0.25) is 0 Å². The van der Waals surface area contributed by atoms with Crippen LogP contribution in [0, 0.1) is 0 Å². The average Bonchev–Trinajstić information content (AvgIpc) is 2.83. The van der Waals surface area contributed by atoms with Crippen molar-refractivity contribution in [2.75, 3.05) is 85.9 Å². The molecule has 0 saturated carbocycles. The zero-order valence-corrected chi connectivity index (χ0v) is 21.7. The van der Waals surface area contributed by atoms with Gasteiger partial charge in [-0.1, -0.05) is 6.07 Å². The lowest BCUT2D eigenvalue weighted by Crippen LogP contribution is -2.49. The lowest BCUT2D eigenvalue weighted by atomic mass is 10.2. The molecule has 2 rings (SSSR count). The Kier molecular flexibility index (Phi) is 15.4. The molecular weight excluding hydrogens is 464 g/mol. The molecule has 0 atom stereocenters. The van der Waals surface area contributed by atoms with Crippen LogP contribution in [0.3, 0.4) is 0 Å². The third kappa shape index (κ3) is 11.4. The number of hydrogen-bond acceptors (Lipinski definition) is 10. The quantitative estimate of drug-likeness (QED) is 0.467. The van der Waals surface area contributed by atoms with Crippen molar-refractivity contribution >= 4 is 9.05 Å². The molecular formula is C23H40O10Si. The topological polar surface area (TPSA) is 92.3 Å². The first-order valence-corrected chi connectivity index (χ1v) is 13.6. The molecule has 0 fully saturated rings. The Morgan fingerprint density at radius 3 is 1.50 bits per heavy atom. The van der Waals surface area contributed by atoms with Crippen LogP contribution in [0.25, 0.3) is 0 Å². The van der Waals surface area contributed by atoms with Gasteiger partial charge in [-0.05, 0) is 38.5 Å². The van der Waals surface area contributed by atoms with Crippen LogP contribution >= 0.6 is 0 Å². The molecule has 1 heterocycles. The maximum atomic E-state index is 6.05. The van der Waals surface area contributed by atoms with E-state index in [4.69, 9.17) is 46.1 Å². The lowest BCUT2D eigenvalue weighted by molar-refractivity contribution is -0.0320. The van der Waals surface area contributed by atoms with E-state index in [9.17, 15) is 0 Å². The zero-order chi connectivity index (χ0) is 24.3. The van der Waals surface area contributed by atoms with Crippen molar-refractivity contribution < 1.29 is 46.1 Å². The first kappa shape index (κ1) is 29.0. The molecule has 0 unspecified atom stereocenters. The van der Waals surface area contributed by atoms with E-state index in [0.717, 1.165) is 5.56 Å². The molecule has 0 saturated heterocycles. The molecule has 34 heavy (non-hydrogen) atoms. The fourth-order valence-corrected chi connectivity index (χ4v) is 4.91. The van der Waals surface area contributed by atoms with Gasteiger partial charge in [0.05, 0.1) is 59.5 Å². The SMILES string of the molecule is CCO[Si](OCC)(OCC)OCc1ccc2c(c1)OCCOCCOCCOCCOCCO2. The largest absolute Gasteiger partial charge is 0.679 e. The third-order valence-electron chi connectivity index (χ3n) is 4.47. The summed E-state index contributed by atoms with van der Waals surface area (Å²) in [5.41, 5.74) is 0.878. The normalized spacial score (nSPS) is 17.6. The lowest BCUT2D eigenvalue weighted by Gasteiger charge is -2.27.